The number of morpholine rings is 1. The number of ether oxygens (including phenoxy) is 2. The predicted molar refractivity (Wildman–Crippen MR) is 134 cm³/mol. The minimum absolute atomic E-state index is 0. The maximum atomic E-state index is 5.66. The van der Waals surface area contributed by atoms with Crippen molar-refractivity contribution in [1.82, 2.24) is 15.5 Å². The molecular weight excluding hydrogens is 499 g/mol. The van der Waals surface area contributed by atoms with E-state index >= 15 is 0 Å². The summed E-state index contributed by atoms with van der Waals surface area (Å²) in [5.74, 6) is 1.47. The molecule has 0 radical (unpaired) electrons. The van der Waals surface area contributed by atoms with Crippen LogP contribution >= 0.6 is 35.3 Å². The van der Waals surface area contributed by atoms with Gasteiger partial charge in [0.1, 0.15) is 0 Å². The molecule has 1 fully saturated rings. The van der Waals surface area contributed by atoms with E-state index in [0.29, 0.717) is 12.0 Å². The number of aliphatic imine (C=N–C) groups is 1. The van der Waals surface area contributed by atoms with Crippen molar-refractivity contribution >= 4 is 41.3 Å². The van der Waals surface area contributed by atoms with Crippen molar-refractivity contribution in [1.29, 1.82) is 0 Å². The molecule has 29 heavy (non-hydrogen) atoms. The SMILES string of the molecule is CCNC(=NCC(c1ccc(C)s1)N1CCOCC1)NCCCOCC(C)C.I. The molecule has 8 heteroatoms. The number of rotatable bonds is 11. The van der Waals surface area contributed by atoms with Gasteiger partial charge < -0.3 is 20.1 Å². The number of thiophene rings is 1. The number of nitrogens with one attached hydrogen (secondary N) is 2. The van der Waals surface area contributed by atoms with Crippen molar-refractivity contribution in [2.45, 2.75) is 40.2 Å². The molecule has 0 aromatic carbocycles. The summed E-state index contributed by atoms with van der Waals surface area (Å²) in [4.78, 5) is 10.1. The Hall–Kier alpha value is -0.420. The highest BCUT2D eigenvalue weighted by Gasteiger charge is 2.23. The second kappa shape index (κ2) is 15.4. The summed E-state index contributed by atoms with van der Waals surface area (Å²) in [5.41, 5.74) is 0. The smallest absolute Gasteiger partial charge is 0.191 e. The Bertz CT molecular complexity index is 577. The van der Waals surface area contributed by atoms with Gasteiger partial charge in [0, 0.05) is 49.1 Å². The largest absolute Gasteiger partial charge is 0.381 e. The van der Waals surface area contributed by atoms with E-state index < -0.39 is 0 Å². The molecule has 2 rings (SSSR count). The van der Waals surface area contributed by atoms with Crippen LogP contribution in [-0.2, 0) is 9.47 Å². The van der Waals surface area contributed by atoms with Gasteiger partial charge in [0.05, 0.1) is 25.8 Å². The van der Waals surface area contributed by atoms with E-state index in [2.05, 4.69) is 55.4 Å². The first kappa shape index (κ1) is 26.6. The maximum Gasteiger partial charge on any atom is 0.191 e. The molecule has 0 saturated carbocycles. The third-order valence-electron chi connectivity index (χ3n) is 4.55. The van der Waals surface area contributed by atoms with Gasteiger partial charge in [-0.15, -0.1) is 35.3 Å². The van der Waals surface area contributed by atoms with Gasteiger partial charge in [-0.25, -0.2) is 0 Å². The Labute approximate surface area is 197 Å². The lowest BCUT2D eigenvalue weighted by Gasteiger charge is -2.33. The molecule has 2 N–H and O–H groups in total. The summed E-state index contributed by atoms with van der Waals surface area (Å²) >= 11 is 1.87. The maximum absolute atomic E-state index is 5.66. The Morgan fingerprint density at radius 1 is 1.28 bits per heavy atom. The first-order chi connectivity index (χ1) is 13.6. The van der Waals surface area contributed by atoms with Crippen molar-refractivity contribution < 1.29 is 9.47 Å². The van der Waals surface area contributed by atoms with Crippen molar-refractivity contribution in [3.8, 4) is 0 Å². The van der Waals surface area contributed by atoms with E-state index in [1.165, 1.54) is 9.75 Å². The van der Waals surface area contributed by atoms with Crippen LogP contribution in [0.2, 0.25) is 0 Å². The lowest BCUT2D eigenvalue weighted by Crippen LogP contribution is -2.41. The van der Waals surface area contributed by atoms with Crippen molar-refractivity contribution in [3.63, 3.8) is 0 Å². The zero-order valence-corrected chi connectivity index (χ0v) is 21.6. The predicted octanol–water partition coefficient (Wildman–Crippen LogP) is 3.67. The number of hydrogen-bond acceptors (Lipinski definition) is 5. The average Bonchev–Trinajstić information content (AvgIpc) is 3.11. The summed E-state index contributed by atoms with van der Waals surface area (Å²) in [6.07, 6.45) is 0.980. The van der Waals surface area contributed by atoms with Crippen molar-refractivity contribution in [2.24, 2.45) is 10.9 Å². The van der Waals surface area contributed by atoms with Gasteiger partial charge in [0.2, 0.25) is 0 Å². The first-order valence-electron chi connectivity index (χ1n) is 10.6. The number of aryl methyl sites for hydroxylation is 1. The topological polar surface area (TPSA) is 58.1 Å². The van der Waals surface area contributed by atoms with Crippen LogP contribution in [0.1, 0.15) is 43.0 Å². The van der Waals surface area contributed by atoms with Crippen LogP contribution < -0.4 is 10.6 Å². The standard InChI is InChI=1S/C21H38N4O2S.HI/c1-5-22-21(23-9-6-12-27-16-17(2)3)24-15-19(20-8-7-18(4)28-20)25-10-13-26-14-11-25;/h7-8,17,19H,5-6,9-16H2,1-4H3,(H2,22,23,24);1H. The molecule has 2 heterocycles. The highest BCUT2D eigenvalue weighted by atomic mass is 127. The van der Waals surface area contributed by atoms with E-state index in [-0.39, 0.29) is 24.0 Å². The van der Waals surface area contributed by atoms with E-state index in [1.807, 2.05) is 11.3 Å². The van der Waals surface area contributed by atoms with Crippen molar-refractivity contribution in [3.05, 3.63) is 21.9 Å². The summed E-state index contributed by atoms with van der Waals surface area (Å²) in [6.45, 7) is 16.2. The van der Waals surface area contributed by atoms with E-state index in [1.54, 1.807) is 0 Å². The van der Waals surface area contributed by atoms with Crippen LogP contribution in [0.15, 0.2) is 17.1 Å². The molecule has 1 aromatic rings. The van der Waals surface area contributed by atoms with Crippen molar-refractivity contribution in [2.75, 3.05) is 59.2 Å². The number of halogens is 1. The summed E-state index contributed by atoms with van der Waals surface area (Å²) in [5, 5.41) is 6.81. The van der Waals surface area contributed by atoms with Crippen LogP contribution in [-0.4, -0.2) is 70.0 Å². The van der Waals surface area contributed by atoms with Crippen LogP contribution in [0.3, 0.4) is 0 Å². The summed E-state index contributed by atoms with van der Waals surface area (Å²) < 4.78 is 11.2. The highest BCUT2D eigenvalue weighted by Crippen LogP contribution is 2.28. The molecule has 6 nitrogen and oxygen atoms in total. The minimum atomic E-state index is 0. The fourth-order valence-corrected chi connectivity index (χ4v) is 4.13. The highest BCUT2D eigenvalue weighted by molar-refractivity contribution is 14.0. The van der Waals surface area contributed by atoms with Crippen LogP contribution in [0.25, 0.3) is 0 Å². The third-order valence-corrected chi connectivity index (χ3v) is 5.65. The van der Waals surface area contributed by atoms with Crippen LogP contribution in [0.4, 0.5) is 0 Å². The molecule has 1 aliphatic heterocycles. The summed E-state index contributed by atoms with van der Waals surface area (Å²) in [7, 11) is 0. The van der Waals surface area contributed by atoms with Gasteiger partial charge in [0.15, 0.2) is 5.96 Å². The molecule has 1 atom stereocenters. The van der Waals surface area contributed by atoms with Crippen LogP contribution in [0, 0.1) is 12.8 Å². The van der Waals surface area contributed by atoms with E-state index in [9.17, 15) is 0 Å². The Morgan fingerprint density at radius 2 is 2.03 bits per heavy atom. The number of hydrogen-bond donors (Lipinski definition) is 2. The average molecular weight is 539 g/mol. The number of nitrogens with zero attached hydrogens (tertiary/aromatic N) is 2. The van der Waals surface area contributed by atoms with Gasteiger partial charge in [-0.3, -0.25) is 9.89 Å². The molecule has 1 saturated heterocycles. The van der Waals surface area contributed by atoms with Crippen LogP contribution in [0.5, 0.6) is 0 Å². The monoisotopic (exact) mass is 538 g/mol. The third kappa shape index (κ3) is 10.4. The van der Waals surface area contributed by atoms with Gasteiger partial charge in [-0.1, -0.05) is 13.8 Å². The van der Waals surface area contributed by atoms with Gasteiger partial charge in [-0.2, -0.15) is 0 Å². The molecule has 168 valence electrons. The fraction of sp³-hybridized carbons (Fsp3) is 0.762. The lowest BCUT2D eigenvalue weighted by molar-refractivity contribution is 0.0186. The summed E-state index contributed by atoms with van der Waals surface area (Å²) in [6, 6.07) is 4.77. The Kier molecular flexibility index (Phi) is 14.1. The second-order valence-electron chi connectivity index (χ2n) is 7.58. The van der Waals surface area contributed by atoms with Gasteiger partial charge >= 0.3 is 0 Å². The minimum Gasteiger partial charge on any atom is -0.381 e. The fourth-order valence-electron chi connectivity index (χ4n) is 3.13. The Balaban J connectivity index is 0.00000420. The molecule has 0 bridgehead atoms. The molecule has 1 unspecified atom stereocenters. The molecule has 0 amide bonds. The lowest BCUT2D eigenvalue weighted by atomic mass is 10.2. The zero-order chi connectivity index (χ0) is 20.2. The van der Waals surface area contributed by atoms with Gasteiger partial charge in [0.25, 0.3) is 0 Å². The quantitative estimate of drug-likeness (QED) is 0.195. The number of guanidine groups is 1. The zero-order valence-electron chi connectivity index (χ0n) is 18.4. The molecule has 0 spiro atoms. The first-order valence-corrected chi connectivity index (χ1v) is 11.4. The molecule has 0 aliphatic carbocycles. The second-order valence-corrected chi connectivity index (χ2v) is 8.90. The molecular formula is C21H39IN4O2S. The van der Waals surface area contributed by atoms with E-state index in [0.717, 1.165) is 71.5 Å². The molecule has 1 aromatic heterocycles. The Morgan fingerprint density at radius 3 is 2.66 bits per heavy atom. The normalized spacial score (nSPS) is 16.5. The van der Waals surface area contributed by atoms with E-state index in [4.69, 9.17) is 14.5 Å². The molecule has 1 aliphatic rings. The van der Waals surface area contributed by atoms with Gasteiger partial charge in [-0.05, 0) is 38.3 Å².